The highest BCUT2D eigenvalue weighted by atomic mass is 16.2. The average Bonchev–Trinajstić information content (AvgIpc) is 3.66. The SMILES string of the molecule is C=C(c1cccc(C(C)N)c1)N(C)[C@H](Cc1ccc(-c2ccccc2)cc1)C(=O)N(C)C(Cc1ccccc1)C(=O)NCCC1CCCN1. The molecule has 0 saturated carbocycles. The Kier molecular flexibility index (Phi) is 12.4. The van der Waals surface area contributed by atoms with Crippen LogP contribution in [0.15, 0.2) is 116 Å². The first kappa shape index (κ1) is 35.6. The summed E-state index contributed by atoms with van der Waals surface area (Å²) in [5.74, 6) is -0.289. The number of nitrogens with two attached hydrogens (primary N) is 1. The van der Waals surface area contributed by atoms with E-state index in [1.54, 1.807) is 11.9 Å². The van der Waals surface area contributed by atoms with Crippen LogP contribution < -0.4 is 16.4 Å². The molecule has 1 fully saturated rings. The molecular weight excluding hydrogens is 606 g/mol. The Hall–Kier alpha value is -4.72. The number of nitrogens with zero attached hydrogens (tertiary/aromatic N) is 2. The summed E-state index contributed by atoms with van der Waals surface area (Å²) in [6, 6.07) is 35.5. The Morgan fingerprint density at radius 3 is 2.12 bits per heavy atom. The highest BCUT2D eigenvalue weighted by Crippen LogP contribution is 2.26. The fraction of sp³-hybridized carbons (Fsp3) is 0.333. The van der Waals surface area contributed by atoms with Crippen LogP contribution in [0.25, 0.3) is 16.8 Å². The Balaban J connectivity index is 1.42. The molecule has 0 aliphatic carbocycles. The largest absolute Gasteiger partial charge is 0.362 e. The second kappa shape index (κ2) is 17.1. The number of likely N-dealkylation sites (N-methyl/N-ethyl adjacent to an activating group) is 2. The zero-order chi connectivity index (χ0) is 34.8. The minimum Gasteiger partial charge on any atom is -0.362 e. The summed E-state index contributed by atoms with van der Waals surface area (Å²) >= 11 is 0. The lowest BCUT2D eigenvalue weighted by Crippen LogP contribution is -2.55. The van der Waals surface area contributed by atoms with Gasteiger partial charge in [-0.15, -0.1) is 0 Å². The molecule has 2 amide bonds. The van der Waals surface area contributed by atoms with E-state index in [0.29, 0.717) is 31.1 Å². The molecule has 49 heavy (non-hydrogen) atoms. The molecule has 7 heteroatoms. The number of carbonyl (C=O) groups is 2. The van der Waals surface area contributed by atoms with Crippen LogP contribution in [-0.2, 0) is 22.4 Å². The minimum absolute atomic E-state index is 0.133. The summed E-state index contributed by atoms with van der Waals surface area (Å²) in [4.78, 5) is 32.2. The van der Waals surface area contributed by atoms with E-state index in [1.807, 2.05) is 91.7 Å². The third-order valence-electron chi connectivity index (χ3n) is 9.76. The van der Waals surface area contributed by atoms with Crippen LogP contribution in [0.4, 0.5) is 0 Å². The zero-order valence-corrected chi connectivity index (χ0v) is 29.1. The smallest absolute Gasteiger partial charge is 0.246 e. The first-order valence-corrected chi connectivity index (χ1v) is 17.4. The van der Waals surface area contributed by atoms with Crippen LogP contribution in [0.3, 0.4) is 0 Å². The topological polar surface area (TPSA) is 90.7 Å². The van der Waals surface area contributed by atoms with Gasteiger partial charge in [-0.05, 0) is 72.2 Å². The highest BCUT2D eigenvalue weighted by molar-refractivity contribution is 5.91. The maximum Gasteiger partial charge on any atom is 0.246 e. The van der Waals surface area contributed by atoms with Crippen molar-refractivity contribution >= 4 is 17.5 Å². The number of hydrogen-bond acceptors (Lipinski definition) is 5. The number of carbonyl (C=O) groups excluding carboxylic acids is 2. The molecule has 1 aliphatic heterocycles. The van der Waals surface area contributed by atoms with Crippen molar-refractivity contribution in [2.75, 3.05) is 27.2 Å². The number of hydrogen-bond donors (Lipinski definition) is 3. The highest BCUT2D eigenvalue weighted by Gasteiger charge is 2.34. The molecule has 1 saturated heterocycles. The van der Waals surface area contributed by atoms with Gasteiger partial charge in [0.05, 0.1) is 0 Å². The van der Waals surface area contributed by atoms with Gasteiger partial charge < -0.3 is 26.2 Å². The van der Waals surface area contributed by atoms with Crippen molar-refractivity contribution in [2.24, 2.45) is 5.73 Å². The summed E-state index contributed by atoms with van der Waals surface area (Å²) in [7, 11) is 3.67. The predicted octanol–water partition coefficient (Wildman–Crippen LogP) is 6.22. The standard InChI is InChI=1S/C42H51N5O2/c1-30(43)36-17-11-18-37(29-36)31(2)46(3)40(28-33-20-22-35(23-21-33)34-15-9-6-10-16-34)42(49)47(4)39(27-32-13-7-5-8-14-32)41(48)45-26-24-38-19-12-25-44-38/h5-11,13-18,20-23,29-30,38-40,44H,2,12,19,24-28,43H2,1,3-4H3,(H,45,48)/t30?,38?,39?,40-/m1/s1. The van der Waals surface area contributed by atoms with Crippen LogP contribution in [0.2, 0.25) is 0 Å². The van der Waals surface area contributed by atoms with E-state index in [0.717, 1.165) is 59.2 Å². The van der Waals surface area contributed by atoms with Gasteiger partial charge in [-0.1, -0.05) is 110 Å². The van der Waals surface area contributed by atoms with E-state index in [1.165, 1.54) is 0 Å². The van der Waals surface area contributed by atoms with Crippen LogP contribution in [0.1, 0.15) is 54.5 Å². The van der Waals surface area contributed by atoms with Gasteiger partial charge in [0.15, 0.2) is 0 Å². The number of rotatable bonds is 15. The second-order valence-corrected chi connectivity index (χ2v) is 13.3. The van der Waals surface area contributed by atoms with E-state index in [-0.39, 0.29) is 17.9 Å². The molecule has 0 aromatic heterocycles. The molecule has 4 aromatic carbocycles. The lowest BCUT2D eigenvalue weighted by molar-refractivity contribution is -0.142. The van der Waals surface area contributed by atoms with Crippen LogP contribution in [0, 0.1) is 0 Å². The summed E-state index contributed by atoms with van der Waals surface area (Å²) in [5, 5.41) is 6.66. The van der Waals surface area contributed by atoms with Gasteiger partial charge in [0.1, 0.15) is 12.1 Å². The van der Waals surface area contributed by atoms with E-state index in [9.17, 15) is 9.59 Å². The maximum atomic E-state index is 14.7. The molecule has 5 rings (SSSR count). The first-order valence-electron chi connectivity index (χ1n) is 17.4. The van der Waals surface area contributed by atoms with Crippen molar-refractivity contribution in [3.8, 4) is 11.1 Å². The monoisotopic (exact) mass is 657 g/mol. The third kappa shape index (κ3) is 9.46. The van der Waals surface area contributed by atoms with Crippen LogP contribution >= 0.6 is 0 Å². The second-order valence-electron chi connectivity index (χ2n) is 13.3. The molecule has 4 atom stereocenters. The molecule has 1 heterocycles. The summed E-state index contributed by atoms with van der Waals surface area (Å²) in [5.41, 5.74) is 13.1. The fourth-order valence-electron chi connectivity index (χ4n) is 6.59. The zero-order valence-electron chi connectivity index (χ0n) is 29.1. The summed E-state index contributed by atoms with van der Waals surface area (Å²) < 4.78 is 0. The lowest BCUT2D eigenvalue weighted by Gasteiger charge is -2.36. The fourth-order valence-corrected chi connectivity index (χ4v) is 6.59. The molecular formula is C42H51N5O2. The molecule has 256 valence electrons. The van der Waals surface area contributed by atoms with Crippen molar-refractivity contribution in [3.63, 3.8) is 0 Å². The van der Waals surface area contributed by atoms with Crippen molar-refractivity contribution in [1.82, 2.24) is 20.4 Å². The van der Waals surface area contributed by atoms with Gasteiger partial charge >= 0.3 is 0 Å². The van der Waals surface area contributed by atoms with Crippen molar-refractivity contribution in [3.05, 3.63) is 138 Å². The van der Waals surface area contributed by atoms with Crippen molar-refractivity contribution < 1.29 is 9.59 Å². The molecule has 0 radical (unpaired) electrons. The Bertz CT molecular complexity index is 1670. The van der Waals surface area contributed by atoms with E-state index in [4.69, 9.17) is 5.73 Å². The molecule has 4 aromatic rings. The van der Waals surface area contributed by atoms with Gasteiger partial charge in [0.25, 0.3) is 0 Å². The lowest BCUT2D eigenvalue weighted by atomic mass is 9.97. The minimum atomic E-state index is -0.683. The molecule has 7 nitrogen and oxygen atoms in total. The molecule has 0 spiro atoms. The Morgan fingerprint density at radius 2 is 1.47 bits per heavy atom. The Labute approximate surface area is 292 Å². The molecule has 3 unspecified atom stereocenters. The third-order valence-corrected chi connectivity index (χ3v) is 9.76. The van der Waals surface area contributed by atoms with Gasteiger partial charge in [0, 0.05) is 51.3 Å². The summed E-state index contributed by atoms with van der Waals surface area (Å²) in [6.45, 7) is 7.98. The van der Waals surface area contributed by atoms with Crippen molar-refractivity contribution in [1.29, 1.82) is 0 Å². The van der Waals surface area contributed by atoms with E-state index in [2.05, 4.69) is 53.6 Å². The molecule has 4 N–H and O–H groups in total. The van der Waals surface area contributed by atoms with Crippen LogP contribution in [0.5, 0.6) is 0 Å². The number of benzene rings is 4. The van der Waals surface area contributed by atoms with Gasteiger partial charge in [0.2, 0.25) is 11.8 Å². The predicted molar refractivity (Wildman–Crippen MR) is 201 cm³/mol. The van der Waals surface area contributed by atoms with Crippen molar-refractivity contribution in [2.45, 2.75) is 63.2 Å². The number of amides is 2. The first-order chi connectivity index (χ1) is 23.7. The van der Waals surface area contributed by atoms with Crippen LogP contribution in [-0.4, -0.2) is 66.9 Å². The van der Waals surface area contributed by atoms with Gasteiger partial charge in [-0.3, -0.25) is 9.59 Å². The van der Waals surface area contributed by atoms with Gasteiger partial charge in [-0.25, -0.2) is 0 Å². The van der Waals surface area contributed by atoms with E-state index < -0.39 is 12.1 Å². The number of nitrogens with one attached hydrogen (secondary N) is 2. The molecule has 1 aliphatic rings. The molecule has 0 bridgehead atoms. The quantitative estimate of drug-likeness (QED) is 0.141. The average molecular weight is 658 g/mol. The maximum absolute atomic E-state index is 14.7. The summed E-state index contributed by atoms with van der Waals surface area (Å²) in [6.07, 6.45) is 4.01. The van der Waals surface area contributed by atoms with Gasteiger partial charge in [-0.2, -0.15) is 0 Å². The van der Waals surface area contributed by atoms with E-state index >= 15 is 0 Å². The normalized spacial score (nSPS) is 16.0. The Morgan fingerprint density at radius 1 is 0.837 bits per heavy atom.